The quantitative estimate of drug-likeness (QED) is 0.330. The van der Waals surface area contributed by atoms with Crippen LogP contribution in [-0.4, -0.2) is 28.0 Å². The number of rotatable bonds is 14. The molecule has 0 aromatic heterocycles. The second-order valence-corrected chi connectivity index (χ2v) is 5.31. The number of aliphatic hydroxyl groups is 3. The molecule has 0 aliphatic heterocycles. The summed E-state index contributed by atoms with van der Waals surface area (Å²) in [4.78, 5) is 0. The summed E-state index contributed by atoms with van der Waals surface area (Å²) in [6.45, 7) is 0.237. The molecule has 1 unspecified atom stereocenters. The highest BCUT2D eigenvalue weighted by Crippen LogP contribution is 2.13. The van der Waals surface area contributed by atoms with Gasteiger partial charge < -0.3 is 15.3 Å². The van der Waals surface area contributed by atoms with E-state index in [0.717, 1.165) is 44.8 Å². The zero-order valence-electron chi connectivity index (χ0n) is 12.3. The van der Waals surface area contributed by atoms with Crippen LogP contribution >= 0.6 is 0 Å². The van der Waals surface area contributed by atoms with Gasteiger partial charge in [0.25, 0.3) is 0 Å². The van der Waals surface area contributed by atoms with Gasteiger partial charge >= 0.3 is 0 Å². The van der Waals surface area contributed by atoms with Gasteiger partial charge in [-0.15, -0.1) is 0 Å². The van der Waals surface area contributed by atoms with Crippen molar-refractivity contribution < 1.29 is 15.3 Å². The van der Waals surface area contributed by atoms with E-state index >= 15 is 0 Å². The van der Waals surface area contributed by atoms with Gasteiger partial charge in [0.15, 0.2) is 0 Å². The molecule has 0 heterocycles. The van der Waals surface area contributed by atoms with Crippen molar-refractivity contribution >= 4 is 0 Å². The lowest BCUT2D eigenvalue weighted by Crippen LogP contribution is -2.06. The Labute approximate surface area is 118 Å². The highest BCUT2D eigenvalue weighted by atomic mass is 16.3. The molecular weight excluding hydrogens is 240 g/mol. The first-order valence-corrected chi connectivity index (χ1v) is 7.89. The predicted molar refractivity (Wildman–Crippen MR) is 80.3 cm³/mol. The second kappa shape index (κ2) is 15.5. The highest BCUT2D eigenvalue weighted by Gasteiger charge is 2.03. The van der Waals surface area contributed by atoms with Crippen LogP contribution in [0.4, 0.5) is 0 Å². The van der Waals surface area contributed by atoms with E-state index in [1.807, 2.05) is 0 Å². The molecule has 0 aliphatic carbocycles. The van der Waals surface area contributed by atoms with E-state index in [2.05, 4.69) is 0 Å². The molecule has 19 heavy (non-hydrogen) atoms. The van der Waals surface area contributed by atoms with Crippen LogP contribution in [0.15, 0.2) is 12.3 Å². The van der Waals surface area contributed by atoms with Crippen molar-refractivity contribution in [1.82, 2.24) is 0 Å². The molecule has 0 fully saturated rings. The fraction of sp³-hybridized carbons (Fsp3) is 0.875. The molecule has 0 radical (unpaired) electrons. The predicted octanol–water partition coefficient (Wildman–Crippen LogP) is 4.09. The molecule has 0 saturated carbocycles. The Morgan fingerprint density at radius 2 is 1.26 bits per heavy atom. The Balaban J connectivity index is 3.09. The molecule has 0 rings (SSSR count). The Morgan fingerprint density at radius 3 is 1.84 bits per heavy atom. The normalized spacial score (nSPS) is 13.2. The zero-order chi connectivity index (χ0) is 14.2. The summed E-state index contributed by atoms with van der Waals surface area (Å²) in [7, 11) is 0. The summed E-state index contributed by atoms with van der Waals surface area (Å²) >= 11 is 0. The summed E-state index contributed by atoms with van der Waals surface area (Å²) in [5.41, 5.74) is 0. The largest absolute Gasteiger partial charge is 0.516 e. The van der Waals surface area contributed by atoms with Crippen LogP contribution < -0.4 is 0 Å². The van der Waals surface area contributed by atoms with Gasteiger partial charge in [-0.25, -0.2) is 0 Å². The monoisotopic (exact) mass is 272 g/mol. The van der Waals surface area contributed by atoms with E-state index in [0.29, 0.717) is 0 Å². The number of hydrogen-bond donors (Lipinski definition) is 3. The average Bonchev–Trinajstić information content (AvgIpc) is 2.41. The summed E-state index contributed by atoms with van der Waals surface area (Å²) in [6, 6.07) is 0. The Kier molecular flexibility index (Phi) is 15.1. The number of allylic oxidation sites excluding steroid dienone is 1. The van der Waals surface area contributed by atoms with E-state index in [4.69, 9.17) is 10.2 Å². The fourth-order valence-electron chi connectivity index (χ4n) is 2.24. The van der Waals surface area contributed by atoms with Gasteiger partial charge in [0.2, 0.25) is 0 Å². The summed E-state index contributed by atoms with van der Waals surface area (Å²) < 4.78 is 0. The number of hydrogen-bond acceptors (Lipinski definition) is 3. The van der Waals surface area contributed by atoms with Gasteiger partial charge in [-0.3, -0.25) is 0 Å². The third-order valence-corrected chi connectivity index (χ3v) is 3.46. The van der Waals surface area contributed by atoms with Crippen LogP contribution in [0.25, 0.3) is 0 Å². The Hall–Kier alpha value is -0.540. The molecule has 0 aliphatic rings. The first-order chi connectivity index (χ1) is 9.31. The van der Waals surface area contributed by atoms with Crippen LogP contribution in [0.5, 0.6) is 0 Å². The molecule has 0 aromatic rings. The summed E-state index contributed by atoms with van der Waals surface area (Å²) in [6.07, 6.45) is 15.8. The van der Waals surface area contributed by atoms with Crippen molar-refractivity contribution in [2.45, 2.75) is 83.2 Å². The molecule has 3 heteroatoms. The molecule has 3 N–H and O–H groups in total. The van der Waals surface area contributed by atoms with Gasteiger partial charge in [-0.05, 0) is 38.5 Å². The average molecular weight is 272 g/mol. The minimum atomic E-state index is -0.170. The molecule has 3 nitrogen and oxygen atoms in total. The molecular formula is C16H32O3. The Morgan fingerprint density at radius 1 is 0.737 bits per heavy atom. The lowest BCUT2D eigenvalue weighted by Gasteiger charge is -2.09. The molecule has 0 amide bonds. The van der Waals surface area contributed by atoms with Crippen LogP contribution in [-0.2, 0) is 0 Å². The Bertz CT molecular complexity index is 192. The minimum Gasteiger partial charge on any atom is -0.516 e. The van der Waals surface area contributed by atoms with Gasteiger partial charge in [0.05, 0.1) is 12.4 Å². The maximum Gasteiger partial charge on any atom is 0.0751 e. The first-order valence-electron chi connectivity index (χ1n) is 7.89. The molecule has 0 bridgehead atoms. The lowest BCUT2D eigenvalue weighted by molar-refractivity contribution is 0.144. The maximum absolute atomic E-state index is 9.69. The molecule has 0 spiro atoms. The van der Waals surface area contributed by atoms with Crippen LogP contribution in [0.3, 0.4) is 0 Å². The van der Waals surface area contributed by atoms with Crippen molar-refractivity contribution in [3.63, 3.8) is 0 Å². The lowest BCUT2D eigenvalue weighted by atomic mass is 10.0. The van der Waals surface area contributed by atoms with Crippen molar-refractivity contribution in [2.24, 2.45) is 0 Å². The number of aliphatic hydroxyl groups excluding tert-OH is 3. The third-order valence-electron chi connectivity index (χ3n) is 3.46. The van der Waals surface area contributed by atoms with Gasteiger partial charge in [0, 0.05) is 6.61 Å². The third kappa shape index (κ3) is 15.4. The summed E-state index contributed by atoms with van der Waals surface area (Å²) in [5, 5.41) is 26.8. The summed E-state index contributed by atoms with van der Waals surface area (Å²) in [5.74, 6) is 0. The van der Waals surface area contributed by atoms with E-state index in [1.54, 1.807) is 6.08 Å². The van der Waals surface area contributed by atoms with Crippen molar-refractivity contribution in [3.8, 4) is 0 Å². The first kappa shape index (κ1) is 18.5. The molecule has 0 aromatic carbocycles. The van der Waals surface area contributed by atoms with E-state index in [1.165, 1.54) is 38.5 Å². The SMILES string of the molecule is OC=CCCCCCCCCCC(O)CCCCO. The standard InChI is InChI=1S/C16H32O3/c17-14-10-7-5-3-1-2-4-6-8-12-16(19)13-9-11-15-18/h10,14,16-19H,1-9,11-13,15H2. The maximum atomic E-state index is 9.69. The second-order valence-electron chi connectivity index (χ2n) is 5.31. The topological polar surface area (TPSA) is 60.7 Å². The minimum absolute atomic E-state index is 0.170. The van der Waals surface area contributed by atoms with Crippen LogP contribution in [0.2, 0.25) is 0 Å². The fourth-order valence-corrected chi connectivity index (χ4v) is 2.24. The van der Waals surface area contributed by atoms with Gasteiger partial charge in [-0.1, -0.05) is 44.6 Å². The van der Waals surface area contributed by atoms with E-state index < -0.39 is 0 Å². The van der Waals surface area contributed by atoms with Crippen LogP contribution in [0.1, 0.15) is 77.0 Å². The van der Waals surface area contributed by atoms with Gasteiger partial charge in [-0.2, -0.15) is 0 Å². The highest BCUT2D eigenvalue weighted by molar-refractivity contribution is 4.70. The smallest absolute Gasteiger partial charge is 0.0751 e. The zero-order valence-corrected chi connectivity index (χ0v) is 12.3. The molecule has 1 atom stereocenters. The number of unbranched alkanes of at least 4 members (excludes halogenated alkanes) is 8. The molecule has 0 saturated heterocycles. The van der Waals surface area contributed by atoms with Crippen molar-refractivity contribution in [1.29, 1.82) is 0 Å². The van der Waals surface area contributed by atoms with Crippen molar-refractivity contribution in [3.05, 3.63) is 12.3 Å². The van der Waals surface area contributed by atoms with Crippen molar-refractivity contribution in [2.75, 3.05) is 6.61 Å². The van der Waals surface area contributed by atoms with E-state index in [9.17, 15) is 5.11 Å². The molecule has 114 valence electrons. The van der Waals surface area contributed by atoms with Crippen LogP contribution in [0, 0.1) is 0 Å². The van der Waals surface area contributed by atoms with Gasteiger partial charge in [0.1, 0.15) is 0 Å². The van der Waals surface area contributed by atoms with E-state index in [-0.39, 0.29) is 12.7 Å².